The molecule has 0 fully saturated rings. The minimum atomic E-state index is -3.81. The van der Waals surface area contributed by atoms with E-state index in [1.807, 2.05) is 0 Å². The number of benzene rings is 2. The molecule has 0 bridgehead atoms. The molecule has 0 radical (unpaired) electrons. The highest BCUT2D eigenvalue weighted by Gasteiger charge is 2.32. The van der Waals surface area contributed by atoms with Crippen molar-refractivity contribution in [3.05, 3.63) is 52.0 Å². The molecule has 1 heterocycles. The van der Waals surface area contributed by atoms with E-state index in [4.69, 9.17) is 27.9 Å². The summed E-state index contributed by atoms with van der Waals surface area (Å²) in [6.45, 7) is 1.81. The minimum absolute atomic E-state index is 0.0434. The second-order valence-electron chi connectivity index (χ2n) is 6.23. The number of rotatable bonds is 5. The van der Waals surface area contributed by atoms with E-state index in [1.165, 1.54) is 25.2 Å². The number of hydrogen-bond donors (Lipinski definition) is 1. The molecule has 2 aromatic carbocycles. The first-order valence-electron chi connectivity index (χ1n) is 8.76. The summed E-state index contributed by atoms with van der Waals surface area (Å²) in [5.74, 6) is -1.19. The number of amidine groups is 1. The molecule has 8 nitrogen and oxygen atoms in total. The van der Waals surface area contributed by atoms with Gasteiger partial charge in [-0.05, 0) is 31.2 Å². The van der Waals surface area contributed by atoms with Crippen molar-refractivity contribution in [2.75, 3.05) is 19.0 Å². The van der Waals surface area contributed by atoms with Gasteiger partial charge in [-0.1, -0.05) is 35.3 Å². The topological polar surface area (TPSA) is 105 Å². The average molecular weight is 470 g/mol. The van der Waals surface area contributed by atoms with Crippen LogP contribution in [-0.2, 0) is 19.6 Å². The summed E-state index contributed by atoms with van der Waals surface area (Å²) in [5.41, 5.74) is 0.436. The molecule has 30 heavy (non-hydrogen) atoms. The van der Waals surface area contributed by atoms with Crippen LogP contribution in [0.4, 0.5) is 11.4 Å². The first kappa shape index (κ1) is 22.1. The largest absolute Gasteiger partial charge is 0.462 e. The molecule has 1 N–H and O–H groups in total. The second kappa shape index (κ2) is 8.63. The fraction of sp³-hybridized carbons (Fsp3) is 0.211. The quantitative estimate of drug-likeness (QED) is 0.669. The van der Waals surface area contributed by atoms with Crippen LogP contribution in [0.15, 0.2) is 46.3 Å². The van der Waals surface area contributed by atoms with Crippen molar-refractivity contribution in [3.63, 3.8) is 0 Å². The SMILES string of the molecule is CCOC(=O)c1cc(NC(=O)CC2=Nc3ccccc3S(=O)(=O)N2C)c(Cl)cc1Cl. The number of carbonyl (C=O) groups excluding carboxylic acids is 2. The Morgan fingerprint density at radius 3 is 2.57 bits per heavy atom. The number of nitrogens with zero attached hydrogens (tertiary/aromatic N) is 2. The van der Waals surface area contributed by atoms with Crippen molar-refractivity contribution in [1.29, 1.82) is 0 Å². The number of para-hydroxylation sites is 1. The van der Waals surface area contributed by atoms with Crippen LogP contribution in [0.3, 0.4) is 0 Å². The summed E-state index contributed by atoms with van der Waals surface area (Å²) in [7, 11) is -2.48. The van der Waals surface area contributed by atoms with E-state index in [2.05, 4.69) is 10.3 Å². The molecule has 158 valence electrons. The number of carbonyl (C=O) groups is 2. The van der Waals surface area contributed by atoms with Crippen LogP contribution in [0.25, 0.3) is 0 Å². The minimum Gasteiger partial charge on any atom is -0.462 e. The lowest BCUT2D eigenvalue weighted by Crippen LogP contribution is -2.37. The van der Waals surface area contributed by atoms with Gasteiger partial charge in [-0.25, -0.2) is 18.2 Å². The summed E-state index contributed by atoms with van der Waals surface area (Å²) < 4.78 is 31.2. The second-order valence-corrected chi connectivity index (χ2v) is 8.98. The predicted octanol–water partition coefficient (Wildman–Crippen LogP) is 3.86. The van der Waals surface area contributed by atoms with Crippen LogP contribution >= 0.6 is 23.2 Å². The molecule has 0 aromatic heterocycles. The van der Waals surface area contributed by atoms with E-state index in [-0.39, 0.29) is 50.7 Å². The molecule has 11 heteroatoms. The number of halogens is 2. The third-order valence-corrected chi connectivity index (χ3v) is 6.72. The van der Waals surface area contributed by atoms with Crippen LogP contribution in [0, 0.1) is 0 Å². The van der Waals surface area contributed by atoms with Gasteiger partial charge < -0.3 is 10.1 Å². The van der Waals surface area contributed by atoms with Gasteiger partial charge in [0, 0.05) is 7.05 Å². The average Bonchev–Trinajstić information content (AvgIpc) is 2.68. The Kier molecular flexibility index (Phi) is 6.35. The number of hydrogen-bond acceptors (Lipinski definition) is 6. The van der Waals surface area contributed by atoms with Crippen molar-refractivity contribution in [2.24, 2.45) is 4.99 Å². The monoisotopic (exact) mass is 469 g/mol. The first-order chi connectivity index (χ1) is 14.1. The predicted molar refractivity (Wildman–Crippen MR) is 114 cm³/mol. The maximum absolute atomic E-state index is 12.7. The van der Waals surface area contributed by atoms with Crippen molar-refractivity contribution >= 4 is 62.3 Å². The molecule has 0 saturated carbocycles. The highest BCUT2D eigenvalue weighted by atomic mass is 35.5. The van der Waals surface area contributed by atoms with Crippen molar-refractivity contribution in [1.82, 2.24) is 4.31 Å². The number of anilines is 1. The van der Waals surface area contributed by atoms with E-state index in [0.717, 1.165) is 4.31 Å². The molecule has 3 rings (SSSR count). The lowest BCUT2D eigenvalue weighted by atomic mass is 10.2. The molecular formula is C19H17Cl2N3O5S. The number of amides is 1. The Labute approximate surface area is 183 Å². The summed E-state index contributed by atoms with van der Waals surface area (Å²) in [6.07, 6.45) is -0.336. The summed E-state index contributed by atoms with van der Waals surface area (Å²) >= 11 is 12.2. The zero-order valence-corrected chi connectivity index (χ0v) is 18.3. The molecule has 1 aliphatic heterocycles. The molecule has 1 amide bonds. The van der Waals surface area contributed by atoms with Gasteiger partial charge in [0.05, 0.1) is 40.0 Å². The Morgan fingerprint density at radius 2 is 1.87 bits per heavy atom. The number of esters is 1. The van der Waals surface area contributed by atoms with E-state index in [0.29, 0.717) is 0 Å². The summed E-state index contributed by atoms with van der Waals surface area (Å²) in [6, 6.07) is 8.88. The Morgan fingerprint density at radius 1 is 1.17 bits per heavy atom. The number of ether oxygens (including phenoxy) is 1. The van der Waals surface area contributed by atoms with Crippen molar-refractivity contribution in [3.8, 4) is 0 Å². The molecule has 0 saturated heterocycles. The highest BCUT2D eigenvalue weighted by Crippen LogP contribution is 2.33. The maximum Gasteiger partial charge on any atom is 0.339 e. The fourth-order valence-corrected chi connectivity index (χ4v) is 4.58. The van der Waals surface area contributed by atoms with E-state index in [9.17, 15) is 18.0 Å². The molecule has 0 unspecified atom stereocenters. The molecule has 1 aliphatic rings. The van der Waals surface area contributed by atoms with Gasteiger partial charge in [0.2, 0.25) is 5.91 Å². The van der Waals surface area contributed by atoms with Gasteiger partial charge in [0.15, 0.2) is 0 Å². The van der Waals surface area contributed by atoms with Gasteiger partial charge in [-0.15, -0.1) is 0 Å². The molecule has 0 spiro atoms. The Hall–Kier alpha value is -2.62. The van der Waals surface area contributed by atoms with E-state index >= 15 is 0 Å². The van der Waals surface area contributed by atoms with E-state index < -0.39 is 21.9 Å². The molecule has 0 atom stereocenters. The number of sulfonamides is 1. The molecule has 0 aliphatic carbocycles. The zero-order chi connectivity index (χ0) is 22.1. The van der Waals surface area contributed by atoms with Crippen molar-refractivity contribution < 1.29 is 22.7 Å². The number of fused-ring (bicyclic) bond motifs is 1. The van der Waals surface area contributed by atoms with Crippen LogP contribution in [0.1, 0.15) is 23.7 Å². The summed E-state index contributed by atoms with van der Waals surface area (Å²) in [5, 5.41) is 2.74. The third kappa shape index (κ3) is 4.28. The fourth-order valence-electron chi connectivity index (χ4n) is 2.76. The smallest absolute Gasteiger partial charge is 0.339 e. The lowest BCUT2D eigenvalue weighted by Gasteiger charge is -2.26. The normalized spacial score (nSPS) is 14.5. The zero-order valence-electron chi connectivity index (χ0n) is 16.0. The molecule has 2 aromatic rings. The number of aliphatic imine (C=N–C) groups is 1. The van der Waals surface area contributed by atoms with Gasteiger partial charge >= 0.3 is 5.97 Å². The van der Waals surface area contributed by atoms with Gasteiger partial charge in [0.25, 0.3) is 10.0 Å². The first-order valence-corrected chi connectivity index (χ1v) is 11.0. The van der Waals surface area contributed by atoms with Crippen LogP contribution in [-0.4, -0.2) is 44.1 Å². The number of nitrogens with one attached hydrogen (secondary N) is 1. The van der Waals surface area contributed by atoms with Gasteiger partial charge in [-0.3, -0.25) is 9.10 Å². The van der Waals surface area contributed by atoms with Crippen LogP contribution < -0.4 is 5.32 Å². The highest BCUT2D eigenvalue weighted by molar-refractivity contribution is 7.90. The third-order valence-electron chi connectivity index (χ3n) is 4.26. The Balaban J connectivity index is 1.85. The van der Waals surface area contributed by atoms with Crippen molar-refractivity contribution in [2.45, 2.75) is 18.2 Å². The molecular weight excluding hydrogens is 453 g/mol. The van der Waals surface area contributed by atoms with Crippen LogP contribution in [0.5, 0.6) is 0 Å². The van der Waals surface area contributed by atoms with Gasteiger partial charge in [-0.2, -0.15) is 0 Å². The lowest BCUT2D eigenvalue weighted by molar-refractivity contribution is -0.115. The van der Waals surface area contributed by atoms with Gasteiger partial charge in [0.1, 0.15) is 10.7 Å². The maximum atomic E-state index is 12.7. The standard InChI is InChI=1S/C19H17Cl2N3O5S/c1-3-29-19(26)11-8-15(13(21)9-12(11)20)23-18(25)10-17-22-14-6-4-5-7-16(14)30(27,28)24(17)2/h4-9H,3,10H2,1-2H3,(H,23,25). The van der Waals surface area contributed by atoms with Crippen LogP contribution in [0.2, 0.25) is 10.0 Å². The van der Waals surface area contributed by atoms with E-state index in [1.54, 1.807) is 25.1 Å². The summed E-state index contributed by atoms with van der Waals surface area (Å²) in [4.78, 5) is 28.9. The Bertz CT molecular complexity index is 1160.